The van der Waals surface area contributed by atoms with Gasteiger partial charge in [-0.15, -0.1) is 11.3 Å². The highest BCUT2D eigenvalue weighted by molar-refractivity contribution is 7.25. The molecule has 1 atom stereocenters. The molecule has 0 bridgehead atoms. The summed E-state index contributed by atoms with van der Waals surface area (Å²) in [6.45, 7) is 0. The lowest BCUT2D eigenvalue weighted by molar-refractivity contribution is 0.672. The molecule has 0 radical (unpaired) electrons. The van der Waals surface area contributed by atoms with Gasteiger partial charge in [-0.2, -0.15) is 0 Å². The molecule has 1 aliphatic heterocycles. The second kappa shape index (κ2) is 12.9. The van der Waals surface area contributed by atoms with E-state index in [4.69, 9.17) is 9.40 Å². The van der Waals surface area contributed by atoms with E-state index in [1.807, 2.05) is 17.4 Å². The first-order valence-corrected chi connectivity index (χ1v) is 20.5. The van der Waals surface area contributed by atoms with Crippen molar-refractivity contribution in [1.82, 2.24) is 4.98 Å². The highest BCUT2D eigenvalue weighted by Crippen LogP contribution is 2.50. The van der Waals surface area contributed by atoms with E-state index in [2.05, 4.69) is 199 Å². The molecule has 1 aliphatic rings. The molecule has 58 heavy (non-hydrogen) atoms. The molecule has 0 amide bonds. The van der Waals surface area contributed by atoms with Gasteiger partial charge >= 0.3 is 0 Å². The monoisotopic (exact) mass is 761 g/mol. The maximum atomic E-state index is 6.63. The van der Waals surface area contributed by atoms with Crippen LogP contribution in [0.2, 0.25) is 0 Å². The SMILES string of the molecule is CN1c2ccccc2N(c2ccc(-c3cc(-c4ccc5sc6ccccc6c5c4)cc(-c4nc5ccccc5c5oc6ccccc6c45)c3)cc2)C1c1ccccc1. The second-order valence-electron chi connectivity index (χ2n) is 15.2. The number of thiophene rings is 1. The highest BCUT2D eigenvalue weighted by Gasteiger charge is 2.35. The van der Waals surface area contributed by atoms with Crippen LogP contribution in [-0.2, 0) is 0 Å². The van der Waals surface area contributed by atoms with Gasteiger partial charge < -0.3 is 14.2 Å². The lowest BCUT2D eigenvalue weighted by Crippen LogP contribution is -2.30. The van der Waals surface area contributed by atoms with Crippen LogP contribution < -0.4 is 9.80 Å². The Labute approximate surface area is 339 Å². The molecule has 0 aliphatic carbocycles. The van der Waals surface area contributed by atoms with Crippen LogP contribution in [0.15, 0.2) is 192 Å². The Kier molecular flexibility index (Phi) is 7.34. The molecular formula is C53H35N3OS. The molecule has 8 aromatic carbocycles. The van der Waals surface area contributed by atoms with Crippen molar-refractivity contribution in [3.05, 3.63) is 194 Å². The number of nitrogens with zero attached hydrogens (tertiary/aromatic N) is 3. The molecule has 1 unspecified atom stereocenters. The van der Waals surface area contributed by atoms with E-state index in [0.717, 1.165) is 66.5 Å². The Balaban J connectivity index is 1.06. The minimum absolute atomic E-state index is 0.0358. The van der Waals surface area contributed by atoms with E-state index in [9.17, 15) is 0 Å². The van der Waals surface area contributed by atoms with Crippen molar-refractivity contribution < 1.29 is 4.42 Å². The predicted molar refractivity (Wildman–Crippen MR) is 244 cm³/mol. The fourth-order valence-corrected chi connectivity index (χ4v) is 10.2. The molecule has 0 N–H and O–H groups in total. The van der Waals surface area contributed by atoms with Gasteiger partial charge in [-0.25, -0.2) is 4.98 Å². The molecular weight excluding hydrogens is 727 g/mol. The summed E-state index contributed by atoms with van der Waals surface area (Å²) in [6, 6.07) is 67.8. The molecule has 12 rings (SSSR count). The van der Waals surface area contributed by atoms with Gasteiger partial charge in [0.25, 0.3) is 0 Å². The van der Waals surface area contributed by atoms with Crippen LogP contribution in [0.5, 0.6) is 0 Å². The van der Waals surface area contributed by atoms with Gasteiger partial charge in [-0.1, -0.05) is 109 Å². The third-order valence-electron chi connectivity index (χ3n) is 11.8. The summed E-state index contributed by atoms with van der Waals surface area (Å²) in [5.41, 5.74) is 14.0. The number of pyridine rings is 1. The summed E-state index contributed by atoms with van der Waals surface area (Å²) in [6.07, 6.45) is 0.0358. The number of anilines is 3. The fraction of sp³-hybridized carbons (Fsp3) is 0.0377. The number of aromatic nitrogens is 1. The summed E-state index contributed by atoms with van der Waals surface area (Å²) in [7, 11) is 2.19. The van der Waals surface area contributed by atoms with Gasteiger partial charge in [0.2, 0.25) is 0 Å². The standard InChI is InChI=1S/C53H35N3OS/c1-55-45-19-9-10-20-46(45)56(53(55)34-13-3-2-4-14-34)39-26-23-33(24-27-39)36-29-37(35-25-28-49-43(32-35)40-15-7-12-22-48(40)58-49)31-38(30-36)51-50-42-17-6-11-21-47(42)57-52(50)41-16-5-8-18-44(41)54-51/h2-32,53H,1H3. The van der Waals surface area contributed by atoms with Crippen molar-refractivity contribution >= 4 is 81.4 Å². The van der Waals surface area contributed by atoms with Crippen molar-refractivity contribution in [2.45, 2.75) is 6.17 Å². The lowest BCUT2D eigenvalue weighted by Gasteiger charge is -2.31. The number of furan rings is 1. The van der Waals surface area contributed by atoms with Gasteiger partial charge in [0, 0.05) is 49.2 Å². The molecule has 0 fully saturated rings. The first-order valence-electron chi connectivity index (χ1n) is 19.7. The third kappa shape index (κ3) is 5.10. The van der Waals surface area contributed by atoms with Crippen molar-refractivity contribution in [2.24, 2.45) is 0 Å². The predicted octanol–water partition coefficient (Wildman–Crippen LogP) is 14.8. The van der Waals surface area contributed by atoms with E-state index in [-0.39, 0.29) is 6.17 Å². The minimum Gasteiger partial charge on any atom is -0.455 e. The van der Waals surface area contributed by atoms with E-state index in [0.29, 0.717) is 0 Å². The number of rotatable bonds is 5. The van der Waals surface area contributed by atoms with Crippen molar-refractivity contribution in [3.63, 3.8) is 0 Å². The number of para-hydroxylation sites is 4. The van der Waals surface area contributed by atoms with Gasteiger partial charge in [0.05, 0.1) is 28.0 Å². The van der Waals surface area contributed by atoms with Crippen LogP contribution in [0.25, 0.3) is 86.5 Å². The Bertz CT molecular complexity index is 3380. The van der Waals surface area contributed by atoms with E-state index >= 15 is 0 Å². The maximum Gasteiger partial charge on any atom is 0.147 e. The maximum absolute atomic E-state index is 6.63. The van der Waals surface area contributed by atoms with Crippen LogP contribution in [0.3, 0.4) is 0 Å². The molecule has 0 saturated carbocycles. The van der Waals surface area contributed by atoms with E-state index < -0.39 is 0 Å². The zero-order valence-electron chi connectivity index (χ0n) is 31.6. The van der Waals surface area contributed by atoms with Crippen molar-refractivity contribution in [1.29, 1.82) is 0 Å². The number of hydrogen-bond donors (Lipinski definition) is 0. The van der Waals surface area contributed by atoms with Crippen molar-refractivity contribution in [2.75, 3.05) is 16.8 Å². The lowest BCUT2D eigenvalue weighted by atomic mass is 9.92. The average molecular weight is 762 g/mol. The Morgan fingerprint density at radius 1 is 0.500 bits per heavy atom. The van der Waals surface area contributed by atoms with Crippen LogP contribution in [-0.4, -0.2) is 12.0 Å². The molecule has 0 saturated heterocycles. The number of hydrogen-bond acceptors (Lipinski definition) is 5. The molecule has 4 nitrogen and oxygen atoms in total. The normalized spacial score (nSPS) is 14.1. The van der Waals surface area contributed by atoms with E-state index in [1.54, 1.807) is 0 Å². The minimum atomic E-state index is 0.0358. The first-order chi connectivity index (χ1) is 28.7. The smallest absolute Gasteiger partial charge is 0.147 e. The first kappa shape index (κ1) is 33.0. The van der Waals surface area contributed by atoms with Crippen molar-refractivity contribution in [3.8, 4) is 33.5 Å². The fourth-order valence-electron chi connectivity index (χ4n) is 9.12. The molecule has 3 aromatic heterocycles. The highest BCUT2D eigenvalue weighted by atomic mass is 32.1. The van der Waals surface area contributed by atoms with Crippen LogP contribution in [0.1, 0.15) is 11.7 Å². The van der Waals surface area contributed by atoms with Gasteiger partial charge in [-0.3, -0.25) is 0 Å². The van der Waals surface area contributed by atoms with Gasteiger partial charge in [0.1, 0.15) is 17.3 Å². The average Bonchev–Trinajstić information content (AvgIpc) is 3.96. The summed E-state index contributed by atoms with van der Waals surface area (Å²) in [5.74, 6) is 0. The topological polar surface area (TPSA) is 32.5 Å². The van der Waals surface area contributed by atoms with Crippen LogP contribution >= 0.6 is 11.3 Å². The zero-order valence-corrected chi connectivity index (χ0v) is 32.4. The largest absolute Gasteiger partial charge is 0.455 e. The second-order valence-corrected chi connectivity index (χ2v) is 16.3. The summed E-state index contributed by atoms with van der Waals surface area (Å²) in [5, 5.41) is 5.70. The quantitative estimate of drug-likeness (QED) is 0.175. The van der Waals surface area contributed by atoms with E-state index in [1.165, 1.54) is 42.7 Å². The van der Waals surface area contributed by atoms with Gasteiger partial charge in [0.15, 0.2) is 0 Å². The molecule has 4 heterocycles. The Morgan fingerprint density at radius 3 is 1.98 bits per heavy atom. The zero-order chi connectivity index (χ0) is 38.3. The van der Waals surface area contributed by atoms with Crippen LogP contribution in [0.4, 0.5) is 17.1 Å². The molecule has 11 aromatic rings. The summed E-state index contributed by atoms with van der Waals surface area (Å²) >= 11 is 1.85. The Morgan fingerprint density at radius 2 is 1.14 bits per heavy atom. The van der Waals surface area contributed by atoms with Gasteiger partial charge in [-0.05, 0) is 107 Å². The summed E-state index contributed by atoms with van der Waals surface area (Å²) < 4.78 is 9.23. The molecule has 274 valence electrons. The van der Waals surface area contributed by atoms with Crippen LogP contribution in [0, 0.1) is 0 Å². The molecule has 0 spiro atoms. The number of fused-ring (bicyclic) bond motifs is 9. The summed E-state index contributed by atoms with van der Waals surface area (Å²) in [4.78, 5) is 10.2. The Hall–Kier alpha value is -7.21. The third-order valence-corrected chi connectivity index (χ3v) is 13.0. The number of benzene rings is 8. The molecule has 5 heteroatoms.